The Morgan fingerprint density at radius 1 is 1.33 bits per heavy atom. The van der Waals surface area contributed by atoms with Crippen molar-refractivity contribution >= 4 is 43.9 Å². The molecule has 4 rings (SSSR count). The van der Waals surface area contributed by atoms with Gasteiger partial charge in [-0.1, -0.05) is 0 Å². The van der Waals surface area contributed by atoms with Crippen LogP contribution in [0.25, 0.3) is 9.40 Å². The summed E-state index contributed by atoms with van der Waals surface area (Å²) in [5, 5.41) is 9.95. The second-order valence-electron chi connectivity index (χ2n) is 6.91. The predicted octanol–water partition coefficient (Wildman–Crippen LogP) is 3.38. The van der Waals surface area contributed by atoms with Gasteiger partial charge in [-0.3, -0.25) is 14.7 Å². The van der Waals surface area contributed by atoms with Crippen LogP contribution in [0, 0.1) is 0 Å². The molecule has 3 aromatic rings. The number of nitrogens with zero attached hydrogens (tertiary/aromatic N) is 3. The van der Waals surface area contributed by atoms with Crippen molar-refractivity contribution in [1.29, 1.82) is 0 Å². The lowest BCUT2D eigenvalue weighted by atomic mass is 10.1. The van der Waals surface area contributed by atoms with E-state index in [-0.39, 0.29) is 17.9 Å². The Labute approximate surface area is 165 Å². The number of aromatic nitrogens is 2. The fourth-order valence-electron chi connectivity index (χ4n) is 3.58. The van der Waals surface area contributed by atoms with E-state index in [9.17, 15) is 9.59 Å². The van der Waals surface area contributed by atoms with E-state index < -0.39 is 0 Å². The summed E-state index contributed by atoms with van der Waals surface area (Å²) >= 11 is 3.25. The first kappa shape index (κ1) is 18.2. The van der Waals surface area contributed by atoms with E-state index in [2.05, 4.69) is 21.6 Å². The molecule has 1 aliphatic rings. The summed E-state index contributed by atoms with van der Waals surface area (Å²) in [5.74, 6) is 0.206. The van der Waals surface area contributed by atoms with Gasteiger partial charge in [0, 0.05) is 43.5 Å². The summed E-state index contributed by atoms with van der Waals surface area (Å²) < 4.78 is 1.20. The number of amides is 2. The Morgan fingerprint density at radius 3 is 3.00 bits per heavy atom. The maximum Gasteiger partial charge on any atom is 0.263 e. The van der Waals surface area contributed by atoms with Gasteiger partial charge >= 0.3 is 0 Å². The van der Waals surface area contributed by atoms with Crippen molar-refractivity contribution in [2.75, 3.05) is 20.1 Å². The van der Waals surface area contributed by atoms with E-state index in [0.29, 0.717) is 13.0 Å². The van der Waals surface area contributed by atoms with Gasteiger partial charge in [0.25, 0.3) is 5.91 Å². The minimum atomic E-state index is 0.0886. The van der Waals surface area contributed by atoms with Gasteiger partial charge in [-0.2, -0.15) is 5.10 Å². The van der Waals surface area contributed by atoms with Crippen LogP contribution in [0.3, 0.4) is 0 Å². The Hall–Kier alpha value is -2.19. The molecule has 0 saturated carbocycles. The van der Waals surface area contributed by atoms with Crippen LogP contribution in [0.2, 0.25) is 0 Å². The van der Waals surface area contributed by atoms with Crippen LogP contribution in [-0.2, 0) is 11.2 Å². The third-order valence-corrected chi connectivity index (χ3v) is 7.37. The number of likely N-dealkylation sites (tertiary alicyclic amines) is 1. The molecule has 0 spiro atoms. The van der Waals surface area contributed by atoms with Crippen LogP contribution in [0.5, 0.6) is 0 Å². The highest BCUT2D eigenvalue weighted by Gasteiger charge is 2.27. The Balaban J connectivity index is 1.37. The van der Waals surface area contributed by atoms with Crippen LogP contribution in [-0.4, -0.2) is 58.0 Å². The second kappa shape index (κ2) is 7.82. The summed E-state index contributed by atoms with van der Waals surface area (Å²) in [4.78, 5) is 30.0. The van der Waals surface area contributed by atoms with Crippen LogP contribution in [0.1, 0.15) is 34.6 Å². The highest BCUT2D eigenvalue weighted by atomic mass is 32.2. The van der Waals surface area contributed by atoms with Gasteiger partial charge in [-0.15, -0.1) is 22.7 Å². The van der Waals surface area contributed by atoms with Crippen LogP contribution in [0.15, 0.2) is 29.8 Å². The highest BCUT2D eigenvalue weighted by Crippen LogP contribution is 2.31. The van der Waals surface area contributed by atoms with E-state index in [1.165, 1.54) is 4.01 Å². The van der Waals surface area contributed by atoms with Gasteiger partial charge in [0.05, 0.1) is 15.3 Å². The minimum absolute atomic E-state index is 0.0886. The molecular weight excluding hydrogens is 380 g/mol. The maximum absolute atomic E-state index is 12.9. The molecular formula is C19H22N4O2S2. The number of H-pyrrole nitrogens is 1. The molecule has 142 valence electrons. The van der Waals surface area contributed by atoms with E-state index >= 15 is 0 Å². The summed E-state index contributed by atoms with van der Waals surface area (Å²) in [6.07, 6.45) is 4.67. The van der Waals surface area contributed by atoms with Gasteiger partial charge in [0.2, 0.25) is 5.91 Å². The zero-order valence-electron chi connectivity index (χ0n) is 15.2. The Kier molecular flexibility index (Phi) is 5.27. The zero-order chi connectivity index (χ0) is 18.8. The van der Waals surface area contributed by atoms with E-state index in [1.54, 1.807) is 28.9 Å². The largest absolute Gasteiger partial charge is 0.342 e. The SMILES string of the molecule is CN(C(=O)c1cc2ccsc2s1)C1CCCN(C(=O)Cc2ccn[nH]2)CC1. The predicted molar refractivity (Wildman–Crippen MR) is 108 cm³/mol. The summed E-state index contributed by atoms with van der Waals surface area (Å²) in [5.41, 5.74) is 0.839. The number of carbonyl (C=O) groups is 2. The number of carbonyl (C=O) groups excluding carboxylic acids is 2. The van der Waals surface area contributed by atoms with E-state index in [4.69, 9.17) is 0 Å². The lowest BCUT2D eigenvalue weighted by Crippen LogP contribution is -2.38. The quantitative estimate of drug-likeness (QED) is 0.727. The first-order chi connectivity index (χ1) is 13.1. The molecule has 0 aliphatic carbocycles. The average Bonchev–Trinajstić information content (AvgIpc) is 3.35. The van der Waals surface area contributed by atoms with Gasteiger partial charge in [-0.25, -0.2) is 0 Å². The van der Waals surface area contributed by atoms with Crippen molar-refractivity contribution in [2.45, 2.75) is 31.7 Å². The Bertz CT molecular complexity index is 902. The fraction of sp³-hybridized carbons (Fsp3) is 0.421. The van der Waals surface area contributed by atoms with Crippen molar-refractivity contribution < 1.29 is 9.59 Å². The molecule has 0 bridgehead atoms. The van der Waals surface area contributed by atoms with Crippen LogP contribution < -0.4 is 0 Å². The first-order valence-electron chi connectivity index (χ1n) is 9.12. The maximum atomic E-state index is 12.9. The fourth-order valence-corrected chi connectivity index (χ4v) is 5.68. The standard InChI is InChI=1S/C19H22N4O2S2/c1-22(18(25)16-11-13-6-10-26-19(13)27-16)15-3-2-8-23(9-5-15)17(24)12-14-4-7-20-21-14/h4,6-7,10-11,15H,2-3,5,8-9,12H2,1H3,(H,20,21). The van der Waals surface area contributed by atoms with Gasteiger partial charge < -0.3 is 9.80 Å². The molecule has 3 aromatic heterocycles. The number of rotatable bonds is 4. The molecule has 8 heteroatoms. The number of fused-ring (bicyclic) bond motifs is 1. The number of aromatic amines is 1. The molecule has 2 amide bonds. The summed E-state index contributed by atoms with van der Waals surface area (Å²) in [7, 11) is 1.89. The summed E-state index contributed by atoms with van der Waals surface area (Å²) in [6.45, 7) is 1.44. The molecule has 4 heterocycles. The number of hydrogen-bond donors (Lipinski definition) is 1. The molecule has 1 atom stereocenters. The monoisotopic (exact) mass is 402 g/mol. The molecule has 6 nitrogen and oxygen atoms in total. The molecule has 0 aromatic carbocycles. The van der Waals surface area contributed by atoms with Crippen LogP contribution >= 0.6 is 22.7 Å². The first-order valence-corrected chi connectivity index (χ1v) is 10.8. The molecule has 1 N–H and O–H groups in total. The van der Waals surface area contributed by atoms with Gasteiger partial charge in [0.1, 0.15) is 0 Å². The third kappa shape index (κ3) is 3.91. The van der Waals surface area contributed by atoms with Crippen molar-refractivity contribution in [3.8, 4) is 0 Å². The van der Waals surface area contributed by atoms with E-state index in [0.717, 1.165) is 41.8 Å². The number of hydrogen-bond acceptors (Lipinski definition) is 5. The smallest absolute Gasteiger partial charge is 0.263 e. The van der Waals surface area contributed by atoms with Crippen molar-refractivity contribution in [1.82, 2.24) is 20.0 Å². The van der Waals surface area contributed by atoms with Crippen LogP contribution in [0.4, 0.5) is 0 Å². The molecule has 1 saturated heterocycles. The molecule has 27 heavy (non-hydrogen) atoms. The lowest BCUT2D eigenvalue weighted by Gasteiger charge is -2.27. The summed E-state index contributed by atoms with van der Waals surface area (Å²) in [6, 6.07) is 6.05. The van der Waals surface area contributed by atoms with Crippen molar-refractivity contribution in [3.63, 3.8) is 0 Å². The molecule has 1 aliphatic heterocycles. The molecule has 1 fully saturated rings. The van der Waals surface area contributed by atoms with Gasteiger partial charge in [0.15, 0.2) is 0 Å². The lowest BCUT2D eigenvalue weighted by molar-refractivity contribution is -0.130. The number of thiophene rings is 2. The topological polar surface area (TPSA) is 69.3 Å². The van der Waals surface area contributed by atoms with E-state index in [1.807, 2.05) is 29.0 Å². The number of nitrogens with one attached hydrogen (secondary N) is 1. The van der Waals surface area contributed by atoms with Crippen molar-refractivity contribution in [3.05, 3.63) is 40.3 Å². The minimum Gasteiger partial charge on any atom is -0.342 e. The average molecular weight is 403 g/mol. The normalized spacial score (nSPS) is 17.8. The van der Waals surface area contributed by atoms with Gasteiger partial charge in [-0.05, 0) is 42.8 Å². The molecule has 1 unspecified atom stereocenters. The molecule has 0 radical (unpaired) electrons. The zero-order valence-corrected chi connectivity index (χ0v) is 16.8. The highest BCUT2D eigenvalue weighted by molar-refractivity contribution is 7.38. The second-order valence-corrected chi connectivity index (χ2v) is 9.14. The third-order valence-electron chi connectivity index (χ3n) is 5.18. The van der Waals surface area contributed by atoms with Crippen molar-refractivity contribution in [2.24, 2.45) is 0 Å². The Morgan fingerprint density at radius 2 is 2.22 bits per heavy atom.